The quantitative estimate of drug-likeness (QED) is 0.457. The predicted molar refractivity (Wildman–Crippen MR) is 40.0 cm³/mol. The molecule has 0 saturated carbocycles. The molecule has 0 saturated heterocycles. The molecule has 0 aliphatic heterocycles. The molecular weight excluding hydrogens is 180 g/mol. The molecule has 13 heavy (non-hydrogen) atoms. The molecule has 0 aliphatic carbocycles. The Hall–Kier alpha value is -1.59. The average molecular weight is 190 g/mol. The number of ether oxygens (including phenoxy) is 1. The van der Waals surface area contributed by atoms with Crippen LogP contribution in [0.3, 0.4) is 0 Å². The van der Waals surface area contributed by atoms with E-state index in [-0.39, 0.29) is 6.61 Å². The molecule has 74 valence electrons. The molecule has 0 aromatic carbocycles. The van der Waals surface area contributed by atoms with Gasteiger partial charge in [0.15, 0.2) is 5.92 Å². The first-order chi connectivity index (χ1) is 5.99. The Bertz CT molecular complexity index is 221. The predicted octanol–water partition coefficient (Wildman–Crippen LogP) is -0.275. The zero-order chi connectivity index (χ0) is 10.4. The molecule has 0 heterocycles. The lowest BCUT2D eigenvalue weighted by molar-refractivity contribution is -0.162. The van der Waals surface area contributed by atoms with E-state index >= 15 is 0 Å². The second-order valence-electron chi connectivity index (χ2n) is 2.24. The molecule has 0 radical (unpaired) electrons. The lowest BCUT2D eigenvalue weighted by atomic mass is 10.1. The summed E-state index contributed by atoms with van der Waals surface area (Å²) in [5.41, 5.74) is 0. The van der Waals surface area contributed by atoms with Crippen molar-refractivity contribution >= 4 is 17.9 Å². The highest BCUT2D eigenvalue weighted by Crippen LogP contribution is 2.06. The largest absolute Gasteiger partial charge is 0.481 e. The van der Waals surface area contributed by atoms with E-state index in [9.17, 15) is 14.4 Å². The Morgan fingerprint density at radius 1 is 1.31 bits per heavy atom. The van der Waals surface area contributed by atoms with Crippen molar-refractivity contribution in [3.63, 3.8) is 0 Å². The number of rotatable bonds is 5. The van der Waals surface area contributed by atoms with Gasteiger partial charge in [0, 0.05) is 0 Å². The number of carboxylic acid groups (broad SMARTS) is 2. The van der Waals surface area contributed by atoms with E-state index in [0.29, 0.717) is 0 Å². The Morgan fingerprint density at radius 3 is 2.15 bits per heavy atom. The van der Waals surface area contributed by atoms with Gasteiger partial charge < -0.3 is 14.9 Å². The van der Waals surface area contributed by atoms with Crippen molar-refractivity contribution in [2.75, 3.05) is 6.61 Å². The maximum atomic E-state index is 10.9. The Kier molecular flexibility index (Phi) is 4.50. The Morgan fingerprint density at radius 2 is 1.85 bits per heavy atom. The molecule has 6 heteroatoms. The van der Waals surface area contributed by atoms with Crippen LogP contribution in [0, 0.1) is 5.92 Å². The summed E-state index contributed by atoms with van der Waals surface area (Å²) in [6.45, 7) is 1.54. The number of esters is 1. The van der Waals surface area contributed by atoms with Crippen LogP contribution in [0.25, 0.3) is 0 Å². The van der Waals surface area contributed by atoms with Crippen LogP contribution in [0.5, 0.6) is 0 Å². The summed E-state index contributed by atoms with van der Waals surface area (Å²) in [4.78, 5) is 31.4. The maximum Gasteiger partial charge on any atom is 0.320 e. The minimum atomic E-state index is -1.61. The first kappa shape index (κ1) is 11.4. The van der Waals surface area contributed by atoms with E-state index in [1.165, 1.54) is 6.92 Å². The number of hydrogen-bond donors (Lipinski definition) is 2. The van der Waals surface area contributed by atoms with Gasteiger partial charge in [0.25, 0.3) is 0 Å². The van der Waals surface area contributed by atoms with Crippen LogP contribution in [0.4, 0.5) is 0 Å². The summed E-state index contributed by atoms with van der Waals surface area (Å²) in [5.74, 6) is -5.46. The number of carbonyl (C=O) groups is 3. The molecule has 0 amide bonds. The fourth-order valence-electron chi connectivity index (χ4n) is 0.689. The molecule has 0 spiro atoms. The monoisotopic (exact) mass is 190 g/mol. The minimum absolute atomic E-state index is 0.0300. The molecule has 0 aromatic heterocycles. The van der Waals surface area contributed by atoms with E-state index in [1.807, 2.05) is 0 Å². The van der Waals surface area contributed by atoms with Crippen molar-refractivity contribution in [3.05, 3.63) is 0 Å². The summed E-state index contributed by atoms with van der Waals surface area (Å²) >= 11 is 0. The number of carbonyl (C=O) groups excluding carboxylic acids is 1. The third-order valence-corrected chi connectivity index (χ3v) is 1.25. The molecule has 0 bridgehead atoms. The topological polar surface area (TPSA) is 101 Å². The SMILES string of the molecule is CCOC(=O)C(CC(=O)O)C(=O)O. The summed E-state index contributed by atoms with van der Waals surface area (Å²) < 4.78 is 4.38. The third kappa shape index (κ3) is 4.09. The van der Waals surface area contributed by atoms with Crippen molar-refractivity contribution in [1.29, 1.82) is 0 Å². The molecule has 2 N–H and O–H groups in total. The van der Waals surface area contributed by atoms with Gasteiger partial charge in [-0.05, 0) is 6.92 Å². The highest BCUT2D eigenvalue weighted by atomic mass is 16.5. The maximum absolute atomic E-state index is 10.9. The first-order valence-electron chi connectivity index (χ1n) is 3.60. The van der Waals surface area contributed by atoms with Gasteiger partial charge in [-0.25, -0.2) is 0 Å². The second kappa shape index (κ2) is 5.13. The molecule has 0 rings (SSSR count). The number of aliphatic carboxylic acids is 2. The van der Waals surface area contributed by atoms with Gasteiger partial charge in [0.2, 0.25) is 0 Å². The van der Waals surface area contributed by atoms with E-state index in [2.05, 4.69) is 4.74 Å². The van der Waals surface area contributed by atoms with Gasteiger partial charge in [-0.3, -0.25) is 14.4 Å². The van der Waals surface area contributed by atoms with E-state index in [1.54, 1.807) is 0 Å². The summed E-state index contributed by atoms with van der Waals surface area (Å²) in [6, 6.07) is 0. The average Bonchev–Trinajstić information content (AvgIpc) is 1.99. The number of carboxylic acids is 2. The van der Waals surface area contributed by atoms with Crippen LogP contribution < -0.4 is 0 Å². The van der Waals surface area contributed by atoms with Crippen LogP contribution >= 0.6 is 0 Å². The van der Waals surface area contributed by atoms with Crippen LogP contribution in [-0.2, 0) is 19.1 Å². The van der Waals surface area contributed by atoms with Crippen molar-refractivity contribution in [2.45, 2.75) is 13.3 Å². The standard InChI is InChI=1S/C7H10O6/c1-2-13-7(12)4(6(10)11)3-5(8)9/h4H,2-3H2,1H3,(H,8,9)(H,10,11). The summed E-state index contributed by atoms with van der Waals surface area (Å²) in [6.07, 6.45) is -0.756. The zero-order valence-electron chi connectivity index (χ0n) is 7.02. The molecule has 0 fully saturated rings. The van der Waals surface area contributed by atoms with Gasteiger partial charge in [-0.15, -0.1) is 0 Å². The van der Waals surface area contributed by atoms with Crippen LogP contribution in [0.2, 0.25) is 0 Å². The Balaban J connectivity index is 4.32. The van der Waals surface area contributed by atoms with Gasteiger partial charge in [0.05, 0.1) is 13.0 Å². The lowest BCUT2D eigenvalue weighted by Crippen LogP contribution is -2.28. The van der Waals surface area contributed by atoms with Gasteiger partial charge in [-0.1, -0.05) is 0 Å². The fourth-order valence-corrected chi connectivity index (χ4v) is 0.689. The molecule has 0 aromatic rings. The number of hydrogen-bond acceptors (Lipinski definition) is 4. The van der Waals surface area contributed by atoms with Crippen LogP contribution in [0.15, 0.2) is 0 Å². The van der Waals surface area contributed by atoms with Crippen LogP contribution in [-0.4, -0.2) is 34.7 Å². The van der Waals surface area contributed by atoms with Crippen molar-refractivity contribution in [3.8, 4) is 0 Å². The highest BCUT2D eigenvalue weighted by molar-refractivity contribution is 5.96. The van der Waals surface area contributed by atoms with Crippen molar-refractivity contribution in [2.24, 2.45) is 5.92 Å². The summed E-state index contributed by atoms with van der Waals surface area (Å²) in [7, 11) is 0. The van der Waals surface area contributed by atoms with Crippen molar-refractivity contribution < 1.29 is 29.3 Å². The van der Waals surface area contributed by atoms with Crippen molar-refractivity contribution in [1.82, 2.24) is 0 Å². The smallest absolute Gasteiger partial charge is 0.320 e. The molecule has 1 atom stereocenters. The minimum Gasteiger partial charge on any atom is -0.481 e. The van der Waals surface area contributed by atoms with Gasteiger partial charge in [-0.2, -0.15) is 0 Å². The fraction of sp³-hybridized carbons (Fsp3) is 0.571. The lowest BCUT2D eigenvalue weighted by Gasteiger charge is -2.07. The van der Waals surface area contributed by atoms with E-state index < -0.39 is 30.2 Å². The van der Waals surface area contributed by atoms with Gasteiger partial charge in [0.1, 0.15) is 0 Å². The van der Waals surface area contributed by atoms with Gasteiger partial charge >= 0.3 is 17.9 Å². The highest BCUT2D eigenvalue weighted by Gasteiger charge is 2.30. The summed E-state index contributed by atoms with van der Waals surface area (Å²) in [5, 5.41) is 16.7. The normalized spacial score (nSPS) is 11.8. The third-order valence-electron chi connectivity index (χ3n) is 1.25. The second-order valence-corrected chi connectivity index (χ2v) is 2.24. The zero-order valence-corrected chi connectivity index (χ0v) is 7.02. The molecule has 1 unspecified atom stereocenters. The molecular formula is C7H10O6. The molecule has 0 aliphatic rings. The first-order valence-corrected chi connectivity index (χ1v) is 3.60. The van der Waals surface area contributed by atoms with E-state index in [4.69, 9.17) is 10.2 Å². The van der Waals surface area contributed by atoms with Crippen LogP contribution in [0.1, 0.15) is 13.3 Å². The Labute approximate surface area is 74.1 Å². The van der Waals surface area contributed by atoms with E-state index in [0.717, 1.165) is 0 Å². The molecule has 6 nitrogen and oxygen atoms in total.